The first-order chi connectivity index (χ1) is 8.65. The fourth-order valence-corrected chi connectivity index (χ4v) is 2.28. The Labute approximate surface area is 106 Å². The van der Waals surface area contributed by atoms with Crippen molar-refractivity contribution in [1.82, 2.24) is 0 Å². The van der Waals surface area contributed by atoms with Gasteiger partial charge in [0.25, 0.3) is 0 Å². The molecule has 1 amide bonds. The molecular formula is C14H18FNO2. The Morgan fingerprint density at radius 3 is 2.61 bits per heavy atom. The van der Waals surface area contributed by atoms with Gasteiger partial charge in [-0.25, -0.2) is 9.18 Å². The molecule has 0 saturated heterocycles. The highest BCUT2D eigenvalue weighted by molar-refractivity contribution is 5.84. The van der Waals surface area contributed by atoms with Gasteiger partial charge in [-0.1, -0.05) is 13.3 Å². The second kappa shape index (κ2) is 5.85. The molecule has 1 N–H and O–H groups in total. The SMILES string of the molecule is C[C@@H]1CCCC[C@H]1OC(=O)Nc1ccc(F)cc1. The molecule has 0 heterocycles. The molecular weight excluding hydrogens is 233 g/mol. The van der Waals surface area contributed by atoms with Gasteiger partial charge >= 0.3 is 6.09 Å². The predicted molar refractivity (Wildman–Crippen MR) is 67.9 cm³/mol. The van der Waals surface area contributed by atoms with Crippen LogP contribution < -0.4 is 5.32 Å². The van der Waals surface area contributed by atoms with E-state index in [4.69, 9.17) is 4.74 Å². The average Bonchev–Trinajstić information content (AvgIpc) is 2.35. The van der Waals surface area contributed by atoms with Gasteiger partial charge < -0.3 is 4.74 Å². The molecule has 0 radical (unpaired) electrons. The Kier molecular flexibility index (Phi) is 4.18. The van der Waals surface area contributed by atoms with Crippen molar-refractivity contribution in [2.45, 2.75) is 38.7 Å². The van der Waals surface area contributed by atoms with Crippen molar-refractivity contribution < 1.29 is 13.9 Å². The number of rotatable bonds is 2. The molecule has 0 aromatic heterocycles. The van der Waals surface area contributed by atoms with E-state index in [-0.39, 0.29) is 11.9 Å². The third-order valence-electron chi connectivity index (χ3n) is 3.38. The zero-order valence-electron chi connectivity index (χ0n) is 10.5. The van der Waals surface area contributed by atoms with Crippen molar-refractivity contribution in [2.75, 3.05) is 5.32 Å². The van der Waals surface area contributed by atoms with Crippen LogP contribution in [-0.4, -0.2) is 12.2 Å². The molecule has 98 valence electrons. The lowest BCUT2D eigenvalue weighted by Crippen LogP contribution is -2.30. The third-order valence-corrected chi connectivity index (χ3v) is 3.38. The first-order valence-corrected chi connectivity index (χ1v) is 6.38. The quantitative estimate of drug-likeness (QED) is 0.864. The molecule has 2 rings (SSSR count). The first kappa shape index (κ1) is 12.9. The molecule has 1 aliphatic rings. The summed E-state index contributed by atoms with van der Waals surface area (Å²) in [5, 5.41) is 2.61. The van der Waals surface area contributed by atoms with Crippen molar-refractivity contribution in [3.8, 4) is 0 Å². The number of halogens is 1. The zero-order chi connectivity index (χ0) is 13.0. The van der Waals surface area contributed by atoms with E-state index in [0.29, 0.717) is 11.6 Å². The van der Waals surface area contributed by atoms with Crippen molar-refractivity contribution in [3.63, 3.8) is 0 Å². The summed E-state index contributed by atoms with van der Waals surface area (Å²) >= 11 is 0. The van der Waals surface area contributed by atoms with Crippen molar-refractivity contribution in [1.29, 1.82) is 0 Å². The minimum absolute atomic E-state index is 0.000742. The van der Waals surface area contributed by atoms with E-state index in [0.717, 1.165) is 19.3 Å². The molecule has 1 aromatic rings. The van der Waals surface area contributed by atoms with Crippen LogP contribution in [0.3, 0.4) is 0 Å². The highest BCUT2D eigenvalue weighted by atomic mass is 19.1. The number of hydrogen-bond acceptors (Lipinski definition) is 2. The van der Waals surface area contributed by atoms with Crippen LogP contribution in [0.1, 0.15) is 32.6 Å². The van der Waals surface area contributed by atoms with Crippen molar-refractivity contribution in [3.05, 3.63) is 30.1 Å². The number of anilines is 1. The number of amides is 1. The Bertz CT molecular complexity index is 405. The van der Waals surface area contributed by atoms with Gasteiger partial charge in [0.05, 0.1) is 0 Å². The second-order valence-corrected chi connectivity index (χ2v) is 4.84. The van der Waals surface area contributed by atoms with Crippen LogP contribution in [0.15, 0.2) is 24.3 Å². The monoisotopic (exact) mass is 251 g/mol. The normalized spacial score (nSPS) is 23.4. The van der Waals surface area contributed by atoms with Crippen LogP contribution in [0.5, 0.6) is 0 Å². The van der Waals surface area contributed by atoms with Gasteiger partial charge in [-0.15, -0.1) is 0 Å². The molecule has 2 atom stereocenters. The number of carbonyl (C=O) groups excluding carboxylic acids is 1. The van der Waals surface area contributed by atoms with Crippen molar-refractivity contribution >= 4 is 11.8 Å². The summed E-state index contributed by atoms with van der Waals surface area (Å²) in [7, 11) is 0. The van der Waals surface area contributed by atoms with Crippen LogP contribution >= 0.6 is 0 Å². The number of hydrogen-bond donors (Lipinski definition) is 1. The van der Waals surface area contributed by atoms with E-state index in [1.807, 2.05) is 0 Å². The maximum Gasteiger partial charge on any atom is 0.411 e. The van der Waals surface area contributed by atoms with Gasteiger partial charge in [0.15, 0.2) is 0 Å². The van der Waals surface area contributed by atoms with Crippen LogP contribution in [0.25, 0.3) is 0 Å². The highest BCUT2D eigenvalue weighted by Gasteiger charge is 2.24. The average molecular weight is 251 g/mol. The van der Waals surface area contributed by atoms with E-state index in [1.165, 1.54) is 30.7 Å². The van der Waals surface area contributed by atoms with Crippen molar-refractivity contribution in [2.24, 2.45) is 5.92 Å². The first-order valence-electron chi connectivity index (χ1n) is 6.38. The highest BCUT2D eigenvalue weighted by Crippen LogP contribution is 2.26. The number of nitrogens with one attached hydrogen (secondary N) is 1. The molecule has 4 heteroatoms. The van der Waals surface area contributed by atoms with Crippen LogP contribution in [-0.2, 0) is 4.74 Å². The Hall–Kier alpha value is -1.58. The summed E-state index contributed by atoms with van der Waals surface area (Å²) in [5.41, 5.74) is 0.546. The maximum absolute atomic E-state index is 12.7. The van der Waals surface area contributed by atoms with Gasteiger partial charge in [-0.3, -0.25) is 5.32 Å². The molecule has 1 saturated carbocycles. The fraction of sp³-hybridized carbons (Fsp3) is 0.500. The van der Waals surface area contributed by atoms with Gasteiger partial charge in [-0.05, 0) is 49.4 Å². The van der Waals surface area contributed by atoms with E-state index >= 15 is 0 Å². The molecule has 1 aliphatic carbocycles. The Balaban J connectivity index is 1.86. The molecule has 0 bridgehead atoms. The summed E-state index contributed by atoms with van der Waals surface area (Å²) in [6.45, 7) is 2.11. The predicted octanol–water partition coefficient (Wildman–Crippen LogP) is 3.95. The topological polar surface area (TPSA) is 38.3 Å². The Morgan fingerprint density at radius 1 is 1.28 bits per heavy atom. The molecule has 0 spiro atoms. The summed E-state index contributed by atoms with van der Waals surface area (Å²) in [6, 6.07) is 5.64. The number of carbonyl (C=O) groups is 1. The van der Waals surface area contributed by atoms with E-state index in [2.05, 4.69) is 12.2 Å². The molecule has 0 aliphatic heterocycles. The summed E-state index contributed by atoms with van der Waals surface area (Å²) < 4.78 is 18.1. The minimum Gasteiger partial charge on any atom is -0.446 e. The number of ether oxygens (including phenoxy) is 1. The molecule has 18 heavy (non-hydrogen) atoms. The summed E-state index contributed by atoms with van der Waals surface area (Å²) in [6.07, 6.45) is 3.89. The van der Waals surface area contributed by atoms with Crippen LogP contribution in [0.4, 0.5) is 14.9 Å². The fourth-order valence-electron chi connectivity index (χ4n) is 2.28. The van der Waals surface area contributed by atoms with Crippen LogP contribution in [0, 0.1) is 11.7 Å². The van der Waals surface area contributed by atoms with Gasteiger partial charge in [0, 0.05) is 5.69 Å². The summed E-state index contributed by atoms with van der Waals surface area (Å²) in [5.74, 6) is 0.0903. The smallest absolute Gasteiger partial charge is 0.411 e. The van der Waals surface area contributed by atoms with Crippen LogP contribution in [0.2, 0.25) is 0 Å². The zero-order valence-corrected chi connectivity index (χ0v) is 10.5. The summed E-state index contributed by atoms with van der Waals surface area (Å²) in [4.78, 5) is 11.7. The molecule has 1 fully saturated rings. The van der Waals surface area contributed by atoms with E-state index in [1.54, 1.807) is 0 Å². The molecule has 3 nitrogen and oxygen atoms in total. The van der Waals surface area contributed by atoms with Gasteiger partial charge in [0.2, 0.25) is 0 Å². The van der Waals surface area contributed by atoms with E-state index < -0.39 is 6.09 Å². The standard InChI is InChI=1S/C14H18FNO2/c1-10-4-2-3-5-13(10)18-14(17)16-12-8-6-11(15)7-9-12/h6-10,13H,2-5H2,1H3,(H,16,17)/t10-,13-/m1/s1. The van der Waals surface area contributed by atoms with E-state index in [9.17, 15) is 9.18 Å². The lowest BCUT2D eigenvalue weighted by molar-refractivity contribution is 0.0524. The Morgan fingerprint density at radius 2 is 1.94 bits per heavy atom. The maximum atomic E-state index is 12.7. The van der Waals surface area contributed by atoms with Gasteiger partial charge in [-0.2, -0.15) is 0 Å². The number of benzene rings is 1. The lowest BCUT2D eigenvalue weighted by Gasteiger charge is -2.28. The largest absolute Gasteiger partial charge is 0.446 e. The minimum atomic E-state index is -0.458. The molecule has 0 unspecified atom stereocenters. The second-order valence-electron chi connectivity index (χ2n) is 4.84. The molecule has 1 aromatic carbocycles. The lowest BCUT2D eigenvalue weighted by atomic mass is 9.88. The van der Waals surface area contributed by atoms with Gasteiger partial charge in [0.1, 0.15) is 11.9 Å². The third kappa shape index (κ3) is 3.45.